The van der Waals surface area contributed by atoms with E-state index in [1.54, 1.807) is 0 Å². The largest absolute Gasteiger partial charge is 0.378 e. The van der Waals surface area contributed by atoms with Crippen LogP contribution in [0.1, 0.15) is 35.5 Å². The Kier molecular flexibility index (Phi) is 5.83. The molecule has 1 fully saturated rings. The van der Waals surface area contributed by atoms with E-state index in [-0.39, 0.29) is 11.9 Å². The van der Waals surface area contributed by atoms with Gasteiger partial charge in [-0.1, -0.05) is 30.3 Å². The number of hydrogen-bond acceptors (Lipinski definition) is 4. The summed E-state index contributed by atoms with van der Waals surface area (Å²) in [4.78, 5) is 21.7. The second-order valence-electron chi connectivity index (χ2n) is 8.73. The number of benzene rings is 2. The van der Waals surface area contributed by atoms with Crippen LogP contribution in [0.2, 0.25) is 0 Å². The molecule has 6 nitrogen and oxygen atoms in total. The maximum absolute atomic E-state index is 13.5. The van der Waals surface area contributed by atoms with Crippen molar-refractivity contribution in [3.63, 3.8) is 0 Å². The minimum absolute atomic E-state index is 0.00747. The maximum Gasteiger partial charge on any atom is 0.256 e. The smallest absolute Gasteiger partial charge is 0.256 e. The van der Waals surface area contributed by atoms with E-state index in [2.05, 4.69) is 21.7 Å². The number of amides is 1. The summed E-state index contributed by atoms with van der Waals surface area (Å²) in [5.74, 6) is -0.00747. The first-order valence-electron chi connectivity index (χ1n) is 10.6. The van der Waals surface area contributed by atoms with Crippen LogP contribution in [-0.4, -0.2) is 52.8 Å². The van der Waals surface area contributed by atoms with Crippen molar-refractivity contribution in [3.8, 4) is 0 Å². The number of hydrogen-bond donors (Lipinski definition) is 0. The molecule has 1 atom stereocenters. The minimum atomic E-state index is -0.660. The van der Waals surface area contributed by atoms with Crippen LogP contribution in [0.3, 0.4) is 0 Å². The van der Waals surface area contributed by atoms with Gasteiger partial charge in [0.15, 0.2) is 0 Å². The molecule has 0 bridgehead atoms. The third kappa shape index (κ3) is 4.49. The summed E-state index contributed by atoms with van der Waals surface area (Å²) in [7, 11) is 3.98. The Bertz CT molecular complexity index is 1030. The molecule has 0 saturated carbocycles. The highest BCUT2D eigenvalue weighted by Gasteiger charge is 2.44. The van der Waals surface area contributed by atoms with Gasteiger partial charge in [-0.05, 0) is 43.7 Å². The van der Waals surface area contributed by atoms with Crippen molar-refractivity contribution >= 4 is 11.6 Å². The molecule has 0 unspecified atom stereocenters. The van der Waals surface area contributed by atoms with Gasteiger partial charge < -0.3 is 19.1 Å². The van der Waals surface area contributed by atoms with Crippen LogP contribution < -0.4 is 4.90 Å². The van der Waals surface area contributed by atoms with Gasteiger partial charge in [-0.25, -0.2) is 4.98 Å². The summed E-state index contributed by atoms with van der Waals surface area (Å²) in [6.45, 7) is 5.18. The Hall–Kier alpha value is -3.12. The molecule has 31 heavy (non-hydrogen) atoms. The SMILES string of the molecule is CN(C)c1ccc(C(=O)N2[C@@H](Cc3cncn3Cc3ccccc3)COC2(C)C)cc1. The van der Waals surface area contributed by atoms with Crippen LogP contribution in [0, 0.1) is 0 Å². The average molecular weight is 419 g/mol. The number of carbonyl (C=O) groups excluding carboxylic acids is 1. The molecule has 1 aromatic heterocycles. The second kappa shape index (κ2) is 8.55. The fourth-order valence-electron chi connectivity index (χ4n) is 4.17. The summed E-state index contributed by atoms with van der Waals surface area (Å²) >= 11 is 0. The lowest BCUT2D eigenvalue weighted by atomic mass is 10.1. The first kappa shape index (κ1) is 21.1. The summed E-state index contributed by atoms with van der Waals surface area (Å²) in [5.41, 5.74) is 3.39. The number of rotatable bonds is 6. The van der Waals surface area contributed by atoms with Gasteiger partial charge in [-0.15, -0.1) is 0 Å². The number of carbonyl (C=O) groups is 1. The van der Waals surface area contributed by atoms with E-state index in [9.17, 15) is 4.79 Å². The zero-order chi connectivity index (χ0) is 22.0. The molecule has 0 radical (unpaired) electrons. The van der Waals surface area contributed by atoms with Crippen molar-refractivity contribution < 1.29 is 9.53 Å². The third-order valence-corrected chi connectivity index (χ3v) is 5.86. The van der Waals surface area contributed by atoms with Gasteiger partial charge in [0.05, 0.1) is 19.0 Å². The molecule has 6 heteroatoms. The highest BCUT2D eigenvalue weighted by atomic mass is 16.5. The second-order valence-corrected chi connectivity index (χ2v) is 8.73. The third-order valence-electron chi connectivity index (χ3n) is 5.86. The Morgan fingerprint density at radius 2 is 1.84 bits per heavy atom. The fourth-order valence-corrected chi connectivity index (χ4v) is 4.17. The molecule has 0 spiro atoms. The molecule has 1 saturated heterocycles. The first-order valence-corrected chi connectivity index (χ1v) is 10.6. The molecule has 1 aliphatic heterocycles. The van der Waals surface area contributed by atoms with Gasteiger partial charge >= 0.3 is 0 Å². The number of anilines is 1. The number of nitrogens with zero attached hydrogens (tertiary/aromatic N) is 4. The predicted molar refractivity (Wildman–Crippen MR) is 122 cm³/mol. The molecular weight excluding hydrogens is 388 g/mol. The van der Waals surface area contributed by atoms with Crippen molar-refractivity contribution in [3.05, 3.63) is 83.9 Å². The molecule has 2 heterocycles. The summed E-state index contributed by atoms with van der Waals surface area (Å²) in [6, 6.07) is 18.0. The van der Waals surface area contributed by atoms with Crippen molar-refractivity contribution in [1.82, 2.24) is 14.5 Å². The van der Waals surface area contributed by atoms with E-state index in [4.69, 9.17) is 4.74 Å². The quantitative estimate of drug-likeness (QED) is 0.611. The highest BCUT2D eigenvalue weighted by molar-refractivity contribution is 5.95. The van der Waals surface area contributed by atoms with Gasteiger partial charge in [0.2, 0.25) is 0 Å². The Morgan fingerprint density at radius 1 is 1.13 bits per heavy atom. The lowest BCUT2D eigenvalue weighted by Gasteiger charge is -2.34. The molecule has 1 amide bonds. The molecule has 3 aromatic rings. The van der Waals surface area contributed by atoms with Gasteiger partial charge in [0.25, 0.3) is 5.91 Å². The molecule has 4 rings (SSSR count). The maximum atomic E-state index is 13.5. The van der Waals surface area contributed by atoms with Crippen molar-refractivity contribution in [2.24, 2.45) is 0 Å². The topological polar surface area (TPSA) is 50.6 Å². The number of imidazole rings is 1. The van der Waals surface area contributed by atoms with Crippen LogP contribution in [0.4, 0.5) is 5.69 Å². The lowest BCUT2D eigenvalue weighted by molar-refractivity contribution is -0.0402. The zero-order valence-corrected chi connectivity index (χ0v) is 18.7. The molecule has 2 aromatic carbocycles. The van der Waals surface area contributed by atoms with E-state index >= 15 is 0 Å². The number of aromatic nitrogens is 2. The van der Waals surface area contributed by atoms with Crippen LogP contribution in [0.5, 0.6) is 0 Å². The lowest BCUT2D eigenvalue weighted by Crippen LogP contribution is -2.48. The number of ether oxygens (including phenoxy) is 1. The Balaban J connectivity index is 1.55. The highest BCUT2D eigenvalue weighted by Crippen LogP contribution is 2.31. The average Bonchev–Trinajstić information content (AvgIpc) is 3.31. The van der Waals surface area contributed by atoms with E-state index in [1.807, 2.05) is 92.7 Å². The standard InChI is InChI=1S/C25H30N4O2/c1-25(2)29(24(30)20-10-12-21(13-11-20)27(3)4)23(17-31-25)14-22-15-26-18-28(22)16-19-8-6-5-7-9-19/h5-13,15,18,23H,14,16-17H2,1-4H3/t23-/m0/s1. The summed E-state index contributed by atoms with van der Waals surface area (Å²) in [6.07, 6.45) is 4.44. The minimum Gasteiger partial charge on any atom is -0.378 e. The van der Waals surface area contributed by atoms with Crippen molar-refractivity contribution in [2.45, 2.75) is 38.6 Å². The van der Waals surface area contributed by atoms with Crippen LogP contribution in [-0.2, 0) is 17.7 Å². The fraction of sp³-hybridized carbons (Fsp3) is 0.360. The van der Waals surface area contributed by atoms with E-state index in [0.29, 0.717) is 18.6 Å². The molecule has 1 aliphatic rings. The van der Waals surface area contributed by atoms with E-state index < -0.39 is 5.72 Å². The molecular formula is C25H30N4O2. The molecule has 0 N–H and O–H groups in total. The monoisotopic (exact) mass is 418 g/mol. The van der Waals surface area contributed by atoms with Gasteiger partial charge in [-0.2, -0.15) is 0 Å². The van der Waals surface area contributed by atoms with Crippen molar-refractivity contribution in [1.29, 1.82) is 0 Å². The van der Waals surface area contributed by atoms with Gasteiger partial charge in [-0.3, -0.25) is 4.79 Å². The Labute approximate surface area is 184 Å². The van der Waals surface area contributed by atoms with Crippen LogP contribution >= 0.6 is 0 Å². The first-order chi connectivity index (χ1) is 14.8. The van der Waals surface area contributed by atoms with Crippen LogP contribution in [0.25, 0.3) is 0 Å². The normalized spacial score (nSPS) is 17.7. The zero-order valence-electron chi connectivity index (χ0n) is 18.7. The summed E-state index contributed by atoms with van der Waals surface area (Å²) < 4.78 is 8.19. The summed E-state index contributed by atoms with van der Waals surface area (Å²) in [5, 5.41) is 0. The van der Waals surface area contributed by atoms with E-state index in [1.165, 1.54) is 5.56 Å². The van der Waals surface area contributed by atoms with Crippen LogP contribution in [0.15, 0.2) is 67.1 Å². The van der Waals surface area contributed by atoms with Gasteiger partial charge in [0.1, 0.15) is 5.72 Å². The van der Waals surface area contributed by atoms with E-state index in [0.717, 1.165) is 17.9 Å². The predicted octanol–water partition coefficient (Wildman–Crippen LogP) is 3.82. The molecule has 0 aliphatic carbocycles. The Morgan fingerprint density at radius 3 is 2.52 bits per heavy atom. The van der Waals surface area contributed by atoms with Crippen molar-refractivity contribution in [2.75, 3.05) is 25.6 Å². The van der Waals surface area contributed by atoms with Gasteiger partial charge in [0, 0.05) is 50.2 Å². The molecule has 162 valence electrons.